The normalized spacial score (nSPS) is 13.1. The monoisotopic (exact) mass is 265 g/mol. The first-order valence-corrected chi connectivity index (χ1v) is 6.47. The molecule has 0 fully saturated rings. The number of hydrogen-bond acceptors (Lipinski definition) is 3. The van der Waals surface area contributed by atoms with Crippen LogP contribution in [0.25, 0.3) is 0 Å². The summed E-state index contributed by atoms with van der Waals surface area (Å²) in [6.45, 7) is 8.24. The second kappa shape index (κ2) is 6.06. The number of carboxylic acid groups (broad SMARTS) is 1. The van der Waals surface area contributed by atoms with Gasteiger partial charge in [-0.25, -0.2) is 4.79 Å². The number of carboxylic acids is 1. The Balaban J connectivity index is 2.92. The van der Waals surface area contributed by atoms with E-state index < -0.39 is 5.97 Å². The van der Waals surface area contributed by atoms with Gasteiger partial charge in [0.1, 0.15) is 0 Å². The Morgan fingerprint density at radius 3 is 2.42 bits per heavy atom. The lowest BCUT2D eigenvalue weighted by atomic mass is 9.84. The molecule has 0 heterocycles. The van der Waals surface area contributed by atoms with Crippen molar-refractivity contribution in [2.24, 2.45) is 5.41 Å². The van der Waals surface area contributed by atoms with Gasteiger partial charge >= 0.3 is 5.97 Å². The highest BCUT2D eigenvalue weighted by molar-refractivity contribution is 5.89. The summed E-state index contributed by atoms with van der Waals surface area (Å²) in [7, 11) is 0. The molecule has 19 heavy (non-hydrogen) atoms. The molecular weight excluding hydrogens is 242 g/mol. The first kappa shape index (κ1) is 15.5. The molecule has 0 saturated heterocycles. The van der Waals surface area contributed by atoms with Crippen LogP contribution in [0.5, 0.6) is 0 Å². The first-order valence-electron chi connectivity index (χ1n) is 6.47. The molecule has 0 amide bonds. The SMILES string of the molecule is Cc1cc(NC(CCO)C(C)(C)C)ccc1C(=O)O. The fraction of sp³-hybridized carbons (Fsp3) is 0.533. The highest BCUT2D eigenvalue weighted by Crippen LogP contribution is 2.26. The first-order chi connectivity index (χ1) is 8.75. The Bertz CT molecular complexity index is 449. The second-order valence-corrected chi connectivity index (χ2v) is 5.91. The van der Waals surface area contributed by atoms with Gasteiger partial charge in [0, 0.05) is 18.3 Å². The van der Waals surface area contributed by atoms with Crippen molar-refractivity contribution in [2.75, 3.05) is 11.9 Å². The standard InChI is InChI=1S/C15H23NO3/c1-10-9-11(5-6-12(10)14(18)19)16-13(7-8-17)15(2,3)4/h5-6,9,13,16-17H,7-8H2,1-4H3,(H,18,19). The number of hydrogen-bond donors (Lipinski definition) is 3. The molecule has 1 unspecified atom stereocenters. The predicted octanol–water partition coefficient (Wildman–Crippen LogP) is 2.90. The van der Waals surface area contributed by atoms with Crippen molar-refractivity contribution in [2.45, 2.75) is 40.2 Å². The molecule has 0 bridgehead atoms. The van der Waals surface area contributed by atoms with Crippen molar-refractivity contribution in [1.29, 1.82) is 0 Å². The van der Waals surface area contributed by atoms with E-state index >= 15 is 0 Å². The van der Waals surface area contributed by atoms with E-state index in [0.29, 0.717) is 12.0 Å². The van der Waals surface area contributed by atoms with Crippen LogP contribution in [0, 0.1) is 12.3 Å². The van der Waals surface area contributed by atoms with Crippen LogP contribution in [0.3, 0.4) is 0 Å². The summed E-state index contributed by atoms with van der Waals surface area (Å²) in [5.41, 5.74) is 1.95. The summed E-state index contributed by atoms with van der Waals surface area (Å²) in [4.78, 5) is 11.0. The molecule has 1 rings (SSSR count). The minimum Gasteiger partial charge on any atom is -0.478 e. The molecule has 1 aromatic carbocycles. The summed E-state index contributed by atoms with van der Waals surface area (Å²) >= 11 is 0. The van der Waals surface area contributed by atoms with Crippen molar-refractivity contribution in [3.8, 4) is 0 Å². The highest BCUT2D eigenvalue weighted by atomic mass is 16.4. The second-order valence-electron chi connectivity index (χ2n) is 5.91. The van der Waals surface area contributed by atoms with E-state index in [0.717, 1.165) is 11.3 Å². The van der Waals surface area contributed by atoms with Crippen molar-refractivity contribution >= 4 is 11.7 Å². The van der Waals surface area contributed by atoms with Gasteiger partial charge in [0.15, 0.2) is 0 Å². The average Bonchev–Trinajstić information content (AvgIpc) is 2.26. The minimum atomic E-state index is -0.910. The van der Waals surface area contributed by atoms with Gasteiger partial charge < -0.3 is 15.5 Å². The van der Waals surface area contributed by atoms with E-state index in [1.165, 1.54) is 0 Å². The van der Waals surface area contributed by atoms with E-state index in [1.807, 2.05) is 6.07 Å². The summed E-state index contributed by atoms with van der Waals surface area (Å²) < 4.78 is 0. The maximum absolute atomic E-state index is 11.0. The quantitative estimate of drug-likeness (QED) is 0.765. The van der Waals surface area contributed by atoms with Gasteiger partial charge in [-0.1, -0.05) is 20.8 Å². The van der Waals surface area contributed by atoms with Crippen LogP contribution in [0.4, 0.5) is 5.69 Å². The predicted molar refractivity (Wildman–Crippen MR) is 76.7 cm³/mol. The van der Waals surface area contributed by atoms with Crippen LogP contribution in [0.15, 0.2) is 18.2 Å². The summed E-state index contributed by atoms with van der Waals surface area (Å²) in [5.74, 6) is -0.910. The molecule has 0 radical (unpaired) electrons. The fourth-order valence-corrected chi connectivity index (χ4v) is 2.05. The van der Waals surface area contributed by atoms with Crippen LogP contribution in [0.1, 0.15) is 43.1 Å². The molecule has 0 saturated carbocycles. The molecule has 1 aromatic rings. The number of aliphatic hydroxyl groups is 1. The number of nitrogens with one attached hydrogen (secondary N) is 1. The smallest absolute Gasteiger partial charge is 0.335 e. The van der Waals surface area contributed by atoms with Gasteiger partial charge in [-0.3, -0.25) is 0 Å². The lowest BCUT2D eigenvalue weighted by Gasteiger charge is -2.32. The molecule has 106 valence electrons. The van der Waals surface area contributed by atoms with E-state index in [9.17, 15) is 4.79 Å². The zero-order chi connectivity index (χ0) is 14.6. The summed E-state index contributed by atoms with van der Waals surface area (Å²) in [6, 6.07) is 5.35. The van der Waals surface area contributed by atoms with E-state index in [4.69, 9.17) is 10.2 Å². The van der Waals surface area contributed by atoms with Crippen LogP contribution < -0.4 is 5.32 Å². The number of rotatable bonds is 5. The van der Waals surface area contributed by atoms with Crippen LogP contribution in [-0.2, 0) is 0 Å². The third-order valence-corrected chi connectivity index (χ3v) is 3.26. The highest BCUT2D eigenvalue weighted by Gasteiger charge is 2.24. The topological polar surface area (TPSA) is 69.6 Å². The molecule has 0 spiro atoms. The average molecular weight is 265 g/mol. The Hall–Kier alpha value is -1.55. The number of carbonyl (C=O) groups is 1. The molecule has 0 aliphatic heterocycles. The van der Waals surface area contributed by atoms with Gasteiger partial charge in [0.05, 0.1) is 5.56 Å². The molecule has 4 nitrogen and oxygen atoms in total. The van der Waals surface area contributed by atoms with Gasteiger partial charge in [-0.15, -0.1) is 0 Å². The van der Waals surface area contributed by atoms with Crippen LogP contribution >= 0.6 is 0 Å². The fourth-order valence-electron chi connectivity index (χ4n) is 2.05. The van der Waals surface area contributed by atoms with Gasteiger partial charge in [-0.2, -0.15) is 0 Å². The molecular formula is C15H23NO3. The maximum Gasteiger partial charge on any atom is 0.335 e. The van der Waals surface area contributed by atoms with Gasteiger partial charge in [0.2, 0.25) is 0 Å². The lowest BCUT2D eigenvalue weighted by molar-refractivity contribution is 0.0696. The third-order valence-electron chi connectivity index (χ3n) is 3.26. The van der Waals surface area contributed by atoms with Crippen molar-refractivity contribution in [3.63, 3.8) is 0 Å². The Kier molecular flexibility index (Phi) is 4.95. The van der Waals surface area contributed by atoms with Crippen LogP contribution in [0.2, 0.25) is 0 Å². The van der Waals surface area contributed by atoms with Crippen molar-refractivity contribution < 1.29 is 15.0 Å². The minimum absolute atomic E-state index is 0.0160. The Morgan fingerprint density at radius 2 is 2.00 bits per heavy atom. The summed E-state index contributed by atoms with van der Waals surface area (Å²) in [6.07, 6.45) is 0.656. The largest absolute Gasteiger partial charge is 0.478 e. The molecule has 0 aromatic heterocycles. The van der Waals surface area contributed by atoms with Gasteiger partial charge in [-0.05, 0) is 42.5 Å². The molecule has 1 atom stereocenters. The zero-order valence-electron chi connectivity index (χ0n) is 12.0. The van der Waals surface area contributed by atoms with E-state index in [-0.39, 0.29) is 18.1 Å². The van der Waals surface area contributed by atoms with Gasteiger partial charge in [0.25, 0.3) is 0 Å². The number of benzene rings is 1. The Labute approximate surface area is 114 Å². The van der Waals surface area contributed by atoms with Crippen molar-refractivity contribution in [3.05, 3.63) is 29.3 Å². The maximum atomic E-state index is 11.0. The lowest BCUT2D eigenvalue weighted by Crippen LogP contribution is -2.34. The Morgan fingerprint density at radius 1 is 1.37 bits per heavy atom. The van der Waals surface area contributed by atoms with E-state index in [1.54, 1.807) is 19.1 Å². The number of aromatic carboxylic acids is 1. The number of anilines is 1. The van der Waals surface area contributed by atoms with Crippen molar-refractivity contribution in [1.82, 2.24) is 0 Å². The number of aliphatic hydroxyl groups excluding tert-OH is 1. The zero-order valence-corrected chi connectivity index (χ0v) is 12.0. The molecule has 4 heteroatoms. The number of aryl methyl sites for hydroxylation is 1. The molecule has 0 aliphatic carbocycles. The third kappa shape index (κ3) is 4.24. The summed E-state index contributed by atoms with van der Waals surface area (Å²) in [5, 5.41) is 21.5. The molecule has 0 aliphatic rings. The van der Waals surface area contributed by atoms with Crippen LogP contribution in [-0.4, -0.2) is 28.8 Å². The van der Waals surface area contributed by atoms with E-state index in [2.05, 4.69) is 26.1 Å². The molecule has 3 N–H and O–H groups in total.